The van der Waals surface area contributed by atoms with Gasteiger partial charge in [-0.25, -0.2) is 0 Å². The van der Waals surface area contributed by atoms with Crippen LogP contribution in [0.4, 0.5) is 0 Å². The van der Waals surface area contributed by atoms with Crippen molar-refractivity contribution in [2.45, 2.75) is 12.5 Å². The molecule has 0 radical (unpaired) electrons. The molecule has 0 aromatic rings. The third kappa shape index (κ3) is 4.33. The quantitative estimate of drug-likeness (QED) is 0.575. The summed E-state index contributed by atoms with van der Waals surface area (Å²) in [5.41, 5.74) is 0. The molecule has 116 valence electrons. The van der Waals surface area contributed by atoms with Crippen LogP contribution in [0.2, 0.25) is 0 Å². The molecule has 6 nitrogen and oxygen atoms in total. The van der Waals surface area contributed by atoms with Gasteiger partial charge in [0.2, 0.25) is 0 Å². The molecule has 2 fully saturated rings. The van der Waals surface area contributed by atoms with E-state index in [0.29, 0.717) is 6.61 Å². The lowest BCUT2D eigenvalue weighted by molar-refractivity contribution is -0.0447. The molecule has 0 bridgehead atoms. The Balaban J connectivity index is 1.79. The summed E-state index contributed by atoms with van der Waals surface area (Å²) in [5, 5.41) is 3.52. The molecule has 0 aromatic carbocycles. The van der Waals surface area contributed by atoms with Crippen LogP contribution in [0.5, 0.6) is 0 Å². The van der Waals surface area contributed by atoms with Gasteiger partial charge in [-0.15, -0.1) is 0 Å². The Morgan fingerprint density at radius 2 is 2.25 bits per heavy atom. The highest BCUT2D eigenvalue weighted by Crippen LogP contribution is 2.13. The third-order valence-electron chi connectivity index (χ3n) is 4.04. The van der Waals surface area contributed by atoms with Gasteiger partial charge in [-0.3, -0.25) is 4.99 Å². The molecule has 2 saturated heterocycles. The normalized spacial score (nSPS) is 28.9. The lowest BCUT2D eigenvalue weighted by atomic mass is 10.1. The zero-order valence-electron chi connectivity index (χ0n) is 13.0. The van der Waals surface area contributed by atoms with E-state index in [1.807, 2.05) is 7.05 Å². The lowest BCUT2D eigenvalue weighted by Crippen LogP contribution is -2.52. The van der Waals surface area contributed by atoms with Gasteiger partial charge in [0.1, 0.15) is 0 Å². The first-order valence-electron chi connectivity index (χ1n) is 7.47. The number of guanidine groups is 1. The number of nitrogens with one attached hydrogen (secondary N) is 1. The molecular weight excluding hydrogens is 256 g/mol. The summed E-state index contributed by atoms with van der Waals surface area (Å²) in [6, 6.07) is 0. The van der Waals surface area contributed by atoms with Crippen LogP contribution in [0, 0.1) is 5.92 Å². The molecule has 0 aromatic heterocycles. The summed E-state index contributed by atoms with van der Waals surface area (Å²) in [6.45, 7) is 6.51. The number of nitrogens with zero attached hydrogens (tertiary/aromatic N) is 3. The van der Waals surface area contributed by atoms with Crippen LogP contribution in [0.1, 0.15) is 6.42 Å². The van der Waals surface area contributed by atoms with E-state index >= 15 is 0 Å². The minimum absolute atomic E-state index is 0.143. The highest BCUT2D eigenvalue weighted by molar-refractivity contribution is 5.80. The van der Waals surface area contributed by atoms with Crippen LogP contribution in [-0.2, 0) is 9.47 Å². The van der Waals surface area contributed by atoms with Crippen molar-refractivity contribution >= 4 is 5.96 Å². The van der Waals surface area contributed by atoms with Crippen LogP contribution in [0.25, 0.3) is 0 Å². The van der Waals surface area contributed by atoms with Crippen molar-refractivity contribution in [2.24, 2.45) is 10.9 Å². The maximum Gasteiger partial charge on any atom is 0.193 e. The molecule has 0 aliphatic carbocycles. The number of rotatable bonds is 4. The van der Waals surface area contributed by atoms with E-state index in [1.54, 1.807) is 7.11 Å². The van der Waals surface area contributed by atoms with Crippen LogP contribution in [0.3, 0.4) is 0 Å². The Morgan fingerprint density at radius 1 is 1.40 bits per heavy atom. The first kappa shape index (κ1) is 15.5. The van der Waals surface area contributed by atoms with Gasteiger partial charge in [0.15, 0.2) is 5.96 Å². The largest absolute Gasteiger partial charge is 0.382 e. The summed E-state index contributed by atoms with van der Waals surface area (Å²) in [4.78, 5) is 9.06. The Labute approximate surface area is 122 Å². The van der Waals surface area contributed by atoms with Crippen molar-refractivity contribution in [2.75, 3.05) is 67.1 Å². The van der Waals surface area contributed by atoms with E-state index in [-0.39, 0.29) is 6.10 Å². The molecular formula is C14H28N4O2. The second-order valence-corrected chi connectivity index (χ2v) is 5.74. The van der Waals surface area contributed by atoms with E-state index < -0.39 is 0 Å². The topological polar surface area (TPSA) is 49.3 Å². The zero-order valence-corrected chi connectivity index (χ0v) is 13.0. The van der Waals surface area contributed by atoms with Gasteiger partial charge in [0.25, 0.3) is 0 Å². The fourth-order valence-corrected chi connectivity index (χ4v) is 2.96. The Hall–Kier alpha value is -0.850. The molecule has 6 heteroatoms. The molecule has 0 saturated carbocycles. The molecule has 20 heavy (non-hydrogen) atoms. The molecule has 2 unspecified atom stereocenters. The van der Waals surface area contributed by atoms with Gasteiger partial charge in [-0.05, 0) is 25.9 Å². The highest BCUT2D eigenvalue weighted by atomic mass is 16.5. The van der Waals surface area contributed by atoms with E-state index in [4.69, 9.17) is 9.47 Å². The van der Waals surface area contributed by atoms with Gasteiger partial charge in [-0.1, -0.05) is 0 Å². The number of morpholine rings is 1. The van der Waals surface area contributed by atoms with Crippen molar-refractivity contribution in [3.63, 3.8) is 0 Å². The number of aliphatic imine (C=N–C) groups is 1. The number of ether oxygens (including phenoxy) is 2. The number of methoxy groups -OCH3 is 1. The molecule has 0 spiro atoms. The number of hydrogen-bond acceptors (Lipinski definition) is 4. The summed E-state index contributed by atoms with van der Waals surface area (Å²) < 4.78 is 10.9. The first-order chi connectivity index (χ1) is 9.72. The molecule has 0 amide bonds. The van der Waals surface area contributed by atoms with Gasteiger partial charge >= 0.3 is 0 Å². The van der Waals surface area contributed by atoms with Crippen LogP contribution in [0.15, 0.2) is 4.99 Å². The fourth-order valence-electron chi connectivity index (χ4n) is 2.96. The summed E-state index contributed by atoms with van der Waals surface area (Å²) in [7, 11) is 5.75. The van der Waals surface area contributed by atoms with Crippen molar-refractivity contribution in [1.82, 2.24) is 15.1 Å². The van der Waals surface area contributed by atoms with Crippen LogP contribution >= 0.6 is 0 Å². The summed E-state index contributed by atoms with van der Waals surface area (Å²) in [5.74, 6) is 1.72. The van der Waals surface area contributed by atoms with Gasteiger partial charge in [-0.2, -0.15) is 0 Å². The van der Waals surface area contributed by atoms with Crippen molar-refractivity contribution in [3.05, 3.63) is 0 Å². The van der Waals surface area contributed by atoms with Crippen molar-refractivity contribution < 1.29 is 9.47 Å². The van der Waals surface area contributed by atoms with Gasteiger partial charge in [0, 0.05) is 40.3 Å². The minimum Gasteiger partial charge on any atom is -0.382 e. The number of hydrogen-bond donors (Lipinski definition) is 1. The van der Waals surface area contributed by atoms with Gasteiger partial charge in [0.05, 0.1) is 19.3 Å². The summed E-state index contributed by atoms with van der Waals surface area (Å²) in [6.07, 6.45) is 1.42. The second kappa shape index (κ2) is 7.81. The third-order valence-corrected chi connectivity index (χ3v) is 4.04. The Kier molecular flexibility index (Phi) is 6.06. The molecule has 2 rings (SSSR count). The van der Waals surface area contributed by atoms with E-state index in [0.717, 1.165) is 38.1 Å². The van der Waals surface area contributed by atoms with Crippen molar-refractivity contribution in [1.29, 1.82) is 0 Å². The predicted octanol–water partition coefficient (Wildman–Crippen LogP) is -0.139. The Morgan fingerprint density at radius 3 is 2.90 bits per heavy atom. The molecule has 2 atom stereocenters. The second-order valence-electron chi connectivity index (χ2n) is 5.74. The van der Waals surface area contributed by atoms with Gasteiger partial charge < -0.3 is 24.6 Å². The predicted molar refractivity (Wildman–Crippen MR) is 80.2 cm³/mol. The van der Waals surface area contributed by atoms with E-state index in [1.165, 1.54) is 19.5 Å². The van der Waals surface area contributed by atoms with Crippen LogP contribution < -0.4 is 5.32 Å². The van der Waals surface area contributed by atoms with Crippen molar-refractivity contribution in [3.8, 4) is 0 Å². The zero-order chi connectivity index (χ0) is 14.4. The lowest BCUT2D eigenvalue weighted by Gasteiger charge is -2.35. The SMILES string of the molecule is CN=C(NCC1CCN(C)C1)N1CCOC(COC)C1. The van der Waals surface area contributed by atoms with Crippen LogP contribution in [-0.4, -0.2) is 89.0 Å². The number of likely N-dealkylation sites (tertiary alicyclic amines) is 1. The average molecular weight is 284 g/mol. The molecule has 1 N–H and O–H groups in total. The summed E-state index contributed by atoms with van der Waals surface area (Å²) >= 11 is 0. The molecule has 2 heterocycles. The van der Waals surface area contributed by atoms with E-state index in [9.17, 15) is 0 Å². The maximum absolute atomic E-state index is 5.68. The smallest absolute Gasteiger partial charge is 0.193 e. The monoisotopic (exact) mass is 284 g/mol. The average Bonchev–Trinajstić information content (AvgIpc) is 2.86. The minimum atomic E-state index is 0.143. The fraction of sp³-hybridized carbons (Fsp3) is 0.929. The Bertz CT molecular complexity index is 322. The molecule has 2 aliphatic rings. The highest BCUT2D eigenvalue weighted by Gasteiger charge is 2.24. The van der Waals surface area contributed by atoms with E-state index in [2.05, 4.69) is 27.2 Å². The first-order valence-corrected chi connectivity index (χ1v) is 7.47. The standard InChI is InChI=1S/C14H28N4O2/c1-15-14(16-8-12-4-5-17(2)9-12)18-6-7-20-13(10-18)11-19-3/h12-13H,4-11H2,1-3H3,(H,15,16). The maximum atomic E-state index is 5.68. The molecule has 2 aliphatic heterocycles.